The Morgan fingerprint density at radius 1 is 1.12 bits per heavy atom. The first-order valence-electron chi connectivity index (χ1n) is 8.86. The monoisotopic (exact) mass is 334 g/mol. The molecule has 0 atom stereocenters. The molecular weight excluding hydrogens is 312 g/mol. The highest BCUT2D eigenvalue weighted by Crippen LogP contribution is 2.22. The van der Waals surface area contributed by atoms with E-state index < -0.39 is 0 Å². The predicted octanol–water partition coefficient (Wildman–Crippen LogP) is 3.48. The van der Waals surface area contributed by atoms with Crippen LogP contribution in [-0.2, 0) is 6.54 Å². The first-order valence-corrected chi connectivity index (χ1v) is 8.86. The maximum Gasteiger partial charge on any atom is 0.253 e. The van der Waals surface area contributed by atoms with Crippen molar-refractivity contribution in [2.75, 3.05) is 18.0 Å². The van der Waals surface area contributed by atoms with E-state index in [9.17, 15) is 4.79 Å². The fourth-order valence-corrected chi connectivity index (χ4v) is 3.49. The van der Waals surface area contributed by atoms with Gasteiger partial charge < -0.3 is 15.2 Å². The highest BCUT2D eigenvalue weighted by molar-refractivity contribution is 6.06. The zero-order chi connectivity index (χ0) is 17.1. The van der Waals surface area contributed by atoms with E-state index in [0.29, 0.717) is 12.1 Å². The van der Waals surface area contributed by atoms with Crippen LogP contribution in [0.4, 0.5) is 5.82 Å². The van der Waals surface area contributed by atoms with Crippen LogP contribution in [0.15, 0.2) is 48.8 Å². The van der Waals surface area contributed by atoms with Crippen LogP contribution in [0.1, 0.15) is 35.2 Å². The van der Waals surface area contributed by atoms with Crippen molar-refractivity contribution in [2.24, 2.45) is 0 Å². The molecule has 1 aromatic carbocycles. The molecule has 1 amide bonds. The number of benzene rings is 1. The molecule has 5 nitrogen and oxygen atoms in total. The third-order valence-electron chi connectivity index (χ3n) is 4.80. The van der Waals surface area contributed by atoms with Gasteiger partial charge in [-0.2, -0.15) is 0 Å². The molecule has 0 unspecified atom stereocenters. The van der Waals surface area contributed by atoms with Crippen molar-refractivity contribution < 1.29 is 4.79 Å². The van der Waals surface area contributed by atoms with E-state index in [1.54, 1.807) is 6.20 Å². The lowest BCUT2D eigenvalue weighted by atomic mass is 10.1. The quantitative estimate of drug-likeness (QED) is 0.768. The fraction of sp³-hybridized carbons (Fsp3) is 0.300. The number of aromatic nitrogens is 2. The van der Waals surface area contributed by atoms with E-state index >= 15 is 0 Å². The molecule has 3 heterocycles. The molecule has 3 aromatic rings. The molecule has 4 rings (SSSR count). The van der Waals surface area contributed by atoms with Gasteiger partial charge in [0.05, 0.1) is 5.56 Å². The molecule has 0 bridgehead atoms. The fourth-order valence-electron chi connectivity index (χ4n) is 3.49. The third kappa shape index (κ3) is 3.22. The molecule has 0 radical (unpaired) electrons. The van der Waals surface area contributed by atoms with Gasteiger partial charge in [-0.05, 0) is 31.4 Å². The normalized spacial score (nSPS) is 14.6. The molecule has 0 aliphatic carbocycles. The zero-order valence-electron chi connectivity index (χ0n) is 14.2. The second kappa shape index (κ2) is 6.97. The summed E-state index contributed by atoms with van der Waals surface area (Å²) in [5.41, 5.74) is 2.72. The summed E-state index contributed by atoms with van der Waals surface area (Å²) in [4.78, 5) is 22.7. The summed E-state index contributed by atoms with van der Waals surface area (Å²) in [5.74, 6) is 0.937. The number of nitrogens with one attached hydrogen (secondary N) is 2. The van der Waals surface area contributed by atoms with E-state index in [-0.39, 0.29) is 5.91 Å². The number of aromatic amines is 1. The Bertz CT molecular complexity index is 880. The molecule has 2 aromatic heterocycles. The lowest BCUT2D eigenvalue weighted by molar-refractivity contribution is 0.0952. The highest BCUT2D eigenvalue weighted by atomic mass is 16.1. The summed E-state index contributed by atoms with van der Waals surface area (Å²) < 4.78 is 0. The van der Waals surface area contributed by atoms with Crippen molar-refractivity contribution in [3.8, 4) is 0 Å². The lowest BCUT2D eigenvalue weighted by Crippen LogP contribution is -2.32. The number of fused-ring (bicyclic) bond motifs is 1. The van der Waals surface area contributed by atoms with Gasteiger partial charge in [0.15, 0.2) is 0 Å². The van der Waals surface area contributed by atoms with E-state index in [1.807, 2.05) is 42.6 Å². The Balaban J connectivity index is 1.50. The first-order chi connectivity index (χ1) is 12.3. The van der Waals surface area contributed by atoms with Crippen LogP contribution in [0.3, 0.4) is 0 Å². The minimum atomic E-state index is -0.0640. The molecule has 25 heavy (non-hydrogen) atoms. The number of amides is 1. The summed E-state index contributed by atoms with van der Waals surface area (Å²) in [7, 11) is 0. The van der Waals surface area contributed by atoms with Crippen LogP contribution < -0.4 is 10.2 Å². The van der Waals surface area contributed by atoms with Gasteiger partial charge in [-0.25, -0.2) is 4.98 Å². The highest BCUT2D eigenvalue weighted by Gasteiger charge is 2.17. The number of anilines is 1. The second-order valence-electron chi connectivity index (χ2n) is 6.46. The Kier molecular flexibility index (Phi) is 4.37. The van der Waals surface area contributed by atoms with Crippen molar-refractivity contribution in [3.63, 3.8) is 0 Å². The predicted molar refractivity (Wildman–Crippen MR) is 99.8 cm³/mol. The standard InChI is InChI=1S/C20H22N4O/c25-20(17-14-22-18-9-3-2-8-16(17)18)23-13-15-7-6-10-21-19(15)24-11-4-1-5-12-24/h2-3,6-10,14,22H,1,4-5,11-13H2,(H,23,25). The number of hydrogen-bond acceptors (Lipinski definition) is 3. The maximum atomic E-state index is 12.6. The molecule has 0 spiro atoms. The molecule has 128 valence electrons. The van der Waals surface area contributed by atoms with E-state index in [1.165, 1.54) is 19.3 Å². The average Bonchev–Trinajstić information content (AvgIpc) is 3.11. The molecular formula is C20H22N4O. The SMILES string of the molecule is O=C(NCc1cccnc1N1CCCCC1)c1c[nH]c2ccccc12. The second-order valence-corrected chi connectivity index (χ2v) is 6.46. The number of H-pyrrole nitrogens is 1. The summed E-state index contributed by atoms with van der Waals surface area (Å²) in [5, 5.41) is 3.99. The molecule has 1 aliphatic heterocycles. The van der Waals surface area contributed by atoms with Gasteiger partial charge in [-0.3, -0.25) is 4.79 Å². The molecule has 0 saturated carbocycles. The van der Waals surface area contributed by atoms with Gasteiger partial charge in [-0.15, -0.1) is 0 Å². The third-order valence-corrected chi connectivity index (χ3v) is 4.80. The number of piperidine rings is 1. The number of para-hydroxylation sites is 1. The summed E-state index contributed by atoms with van der Waals surface area (Å²) in [6.07, 6.45) is 7.30. The summed E-state index contributed by atoms with van der Waals surface area (Å²) in [6, 6.07) is 11.8. The number of nitrogens with zero attached hydrogens (tertiary/aromatic N) is 2. The zero-order valence-corrected chi connectivity index (χ0v) is 14.2. The van der Waals surface area contributed by atoms with Crippen molar-refractivity contribution in [3.05, 3.63) is 59.9 Å². The van der Waals surface area contributed by atoms with Gasteiger partial charge >= 0.3 is 0 Å². The van der Waals surface area contributed by atoms with E-state index in [0.717, 1.165) is 35.4 Å². The Labute approximate surface area is 147 Å². The molecule has 2 N–H and O–H groups in total. The van der Waals surface area contributed by atoms with Crippen LogP contribution in [0.5, 0.6) is 0 Å². The summed E-state index contributed by atoms with van der Waals surface area (Å²) in [6.45, 7) is 2.57. The Morgan fingerprint density at radius 3 is 2.84 bits per heavy atom. The van der Waals surface area contributed by atoms with Gasteiger partial charge in [0.2, 0.25) is 0 Å². The minimum Gasteiger partial charge on any atom is -0.360 e. The van der Waals surface area contributed by atoms with Crippen LogP contribution >= 0.6 is 0 Å². The van der Waals surface area contributed by atoms with Crippen molar-refractivity contribution in [2.45, 2.75) is 25.8 Å². The van der Waals surface area contributed by atoms with Gasteiger partial charge in [0.25, 0.3) is 5.91 Å². The lowest BCUT2D eigenvalue weighted by Gasteiger charge is -2.29. The minimum absolute atomic E-state index is 0.0640. The van der Waals surface area contributed by atoms with E-state index in [4.69, 9.17) is 0 Å². The molecule has 1 aliphatic rings. The number of carbonyl (C=O) groups excluding carboxylic acids is 1. The van der Waals surface area contributed by atoms with Gasteiger partial charge in [0, 0.05) is 48.5 Å². The number of rotatable bonds is 4. The van der Waals surface area contributed by atoms with Crippen LogP contribution in [0.25, 0.3) is 10.9 Å². The smallest absolute Gasteiger partial charge is 0.253 e. The van der Waals surface area contributed by atoms with Crippen LogP contribution in [0.2, 0.25) is 0 Å². The summed E-state index contributed by atoms with van der Waals surface area (Å²) >= 11 is 0. The topological polar surface area (TPSA) is 61.0 Å². The van der Waals surface area contributed by atoms with Crippen molar-refractivity contribution in [1.29, 1.82) is 0 Å². The Hall–Kier alpha value is -2.82. The Morgan fingerprint density at radius 2 is 1.96 bits per heavy atom. The van der Waals surface area contributed by atoms with Gasteiger partial charge in [0.1, 0.15) is 5.82 Å². The largest absolute Gasteiger partial charge is 0.360 e. The van der Waals surface area contributed by atoms with Crippen LogP contribution in [0, 0.1) is 0 Å². The van der Waals surface area contributed by atoms with Crippen molar-refractivity contribution in [1.82, 2.24) is 15.3 Å². The maximum absolute atomic E-state index is 12.6. The van der Waals surface area contributed by atoms with Crippen LogP contribution in [-0.4, -0.2) is 29.0 Å². The number of pyridine rings is 1. The molecule has 5 heteroatoms. The molecule has 1 saturated heterocycles. The van der Waals surface area contributed by atoms with Crippen molar-refractivity contribution >= 4 is 22.6 Å². The van der Waals surface area contributed by atoms with Gasteiger partial charge in [-0.1, -0.05) is 24.3 Å². The number of hydrogen-bond donors (Lipinski definition) is 2. The number of carbonyl (C=O) groups is 1. The molecule has 1 fully saturated rings. The first kappa shape index (κ1) is 15.7. The van der Waals surface area contributed by atoms with E-state index in [2.05, 4.69) is 20.2 Å². The average molecular weight is 334 g/mol.